The molecule has 0 aliphatic rings. The number of hydrogen-bond acceptors (Lipinski definition) is 5. The van der Waals surface area contributed by atoms with Crippen LogP contribution in [-0.2, 0) is 21.4 Å². The standard InChI is InChI=1S/C16H16NO5S.U/c1-22-16-8-7-13(12-19)11-15(16)17(9-10-18)23(20,21)14-5-3-2-4-6-14;/h2-8,11,19H,9,12H2,1H3;/q-1;. The summed E-state index contributed by atoms with van der Waals surface area (Å²) in [6.45, 7) is -0.747. The third-order valence-corrected chi connectivity index (χ3v) is 5.01. The molecular formula is C16H16NO5SU-. The van der Waals surface area contributed by atoms with Crippen molar-refractivity contribution in [2.45, 2.75) is 11.5 Å². The summed E-state index contributed by atoms with van der Waals surface area (Å²) < 4.78 is 31.7. The number of carbonyl (C=O) groups excluding carboxylic acids is 1. The van der Waals surface area contributed by atoms with Crippen LogP contribution in [0.3, 0.4) is 0 Å². The summed E-state index contributed by atoms with van der Waals surface area (Å²) >= 11 is 0. The minimum absolute atomic E-state index is 0. The molecule has 0 spiro atoms. The molecular weight excluding hydrogens is 556 g/mol. The first-order valence-electron chi connectivity index (χ1n) is 6.75. The molecule has 2 aromatic carbocycles. The van der Waals surface area contributed by atoms with Crippen molar-refractivity contribution in [1.82, 2.24) is 0 Å². The number of anilines is 1. The third-order valence-electron chi connectivity index (χ3n) is 3.23. The Balaban J connectivity index is 0.00000288. The topological polar surface area (TPSA) is 83.9 Å². The van der Waals surface area contributed by atoms with E-state index in [4.69, 9.17) is 4.74 Å². The van der Waals surface area contributed by atoms with Gasteiger partial charge in [-0.25, -0.2) is 14.7 Å². The number of hydrogen-bond donors (Lipinski definition) is 1. The molecule has 0 aromatic heterocycles. The van der Waals surface area contributed by atoms with Gasteiger partial charge in [0.15, 0.2) is 0 Å². The Hall–Kier alpha value is -1.33. The zero-order chi connectivity index (χ0) is 16.9. The van der Waals surface area contributed by atoms with Gasteiger partial charge < -0.3 is 14.6 Å². The van der Waals surface area contributed by atoms with Gasteiger partial charge in [-0.2, -0.15) is 0 Å². The van der Waals surface area contributed by atoms with E-state index >= 15 is 0 Å². The molecule has 0 unspecified atom stereocenters. The maximum absolute atomic E-state index is 12.8. The Morgan fingerprint density at radius 2 is 1.83 bits per heavy atom. The molecule has 24 heavy (non-hydrogen) atoms. The summed E-state index contributed by atoms with van der Waals surface area (Å²) in [7, 11) is -2.57. The molecule has 1 N–H and O–H groups in total. The van der Waals surface area contributed by atoms with E-state index in [1.54, 1.807) is 36.6 Å². The van der Waals surface area contributed by atoms with E-state index in [0.29, 0.717) is 5.56 Å². The van der Waals surface area contributed by atoms with Crippen molar-refractivity contribution in [2.75, 3.05) is 18.0 Å². The summed E-state index contributed by atoms with van der Waals surface area (Å²) in [5.74, 6) is 0.275. The number of methoxy groups -OCH3 is 1. The molecule has 2 rings (SSSR count). The van der Waals surface area contributed by atoms with Crippen molar-refractivity contribution in [1.29, 1.82) is 0 Å². The molecule has 0 atom stereocenters. The Labute approximate surface area is 164 Å². The zero-order valence-corrected chi connectivity index (χ0v) is 17.9. The van der Waals surface area contributed by atoms with Crippen LogP contribution in [0.15, 0.2) is 53.4 Å². The maximum Gasteiger partial charge on any atom is 0.262 e. The van der Waals surface area contributed by atoms with E-state index in [1.165, 1.54) is 25.3 Å². The molecule has 0 saturated carbocycles. The molecule has 0 aliphatic carbocycles. The van der Waals surface area contributed by atoms with Gasteiger partial charge in [-0.05, 0) is 29.8 Å². The first-order chi connectivity index (χ1) is 11.0. The van der Waals surface area contributed by atoms with Gasteiger partial charge in [0.05, 0.1) is 24.3 Å². The third kappa shape index (κ3) is 4.39. The van der Waals surface area contributed by atoms with Crippen LogP contribution in [0.1, 0.15) is 5.56 Å². The number of sulfonamides is 1. The summed E-state index contributed by atoms with van der Waals surface area (Å²) in [4.78, 5) is 10.9. The molecule has 0 radical (unpaired) electrons. The predicted octanol–water partition coefficient (Wildman–Crippen LogP) is 1.49. The minimum Gasteiger partial charge on any atom is -0.540 e. The van der Waals surface area contributed by atoms with Crippen LogP contribution in [0.5, 0.6) is 5.75 Å². The SMILES string of the molecule is COc1ccc(CO)cc1N(C[C-]=O)S(=O)(=O)c1ccccc1.[U]. The smallest absolute Gasteiger partial charge is 0.262 e. The van der Waals surface area contributed by atoms with Gasteiger partial charge in [0.1, 0.15) is 5.75 Å². The van der Waals surface area contributed by atoms with Crippen LogP contribution in [0.4, 0.5) is 5.69 Å². The van der Waals surface area contributed by atoms with E-state index in [2.05, 4.69) is 0 Å². The number of nitrogens with zero attached hydrogens (tertiary/aromatic N) is 1. The van der Waals surface area contributed by atoms with E-state index in [1.807, 2.05) is 0 Å². The molecule has 0 saturated heterocycles. The molecule has 2 aromatic rings. The van der Waals surface area contributed by atoms with E-state index in [9.17, 15) is 18.3 Å². The number of aliphatic hydroxyl groups excluding tert-OH is 1. The Kier molecular flexibility index (Phi) is 7.97. The molecule has 6 nitrogen and oxygen atoms in total. The summed E-state index contributed by atoms with van der Waals surface area (Å²) in [6, 6.07) is 12.4. The van der Waals surface area contributed by atoms with Gasteiger partial charge in [0, 0.05) is 31.1 Å². The number of aliphatic hydroxyl groups is 1. The summed E-state index contributed by atoms with van der Waals surface area (Å²) in [5, 5.41) is 9.27. The first kappa shape index (κ1) is 20.7. The molecule has 0 amide bonds. The van der Waals surface area contributed by atoms with E-state index < -0.39 is 16.6 Å². The maximum atomic E-state index is 12.8. The van der Waals surface area contributed by atoms with Crippen LogP contribution in [0.25, 0.3) is 0 Å². The number of rotatable bonds is 7. The van der Waals surface area contributed by atoms with Crippen LogP contribution in [-0.4, -0.2) is 33.5 Å². The zero-order valence-electron chi connectivity index (χ0n) is 13.0. The molecule has 0 aliphatic heterocycles. The van der Waals surface area contributed by atoms with Gasteiger partial charge in [0.25, 0.3) is 10.0 Å². The Morgan fingerprint density at radius 1 is 1.17 bits per heavy atom. The predicted molar refractivity (Wildman–Crippen MR) is 85.6 cm³/mol. The van der Waals surface area contributed by atoms with Gasteiger partial charge in [-0.15, -0.1) is 0 Å². The Bertz CT molecular complexity index is 780. The van der Waals surface area contributed by atoms with Crippen molar-refractivity contribution < 1.29 is 54.2 Å². The number of benzene rings is 2. The van der Waals surface area contributed by atoms with Crippen LogP contribution >= 0.6 is 0 Å². The van der Waals surface area contributed by atoms with Crippen molar-refractivity contribution in [3.8, 4) is 5.75 Å². The molecule has 8 heteroatoms. The number of ether oxygens (including phenoxy) is 1. The van der Waals surface area contributed by atoms with Crippen LogP contribution < -0.4 is 9.04 Å². The van der Waals surface area contributed by atoms with Gasteiger partial charge in [-0.1, -0.05) is 30.8 Å². The second-order valence-corrected chi connectivity index (χ2v) is 6.50. The van der Waals surface area contributed by atoms with Crippen molar-refractivity contribution in [3.05, 3.63) is 54.1 Å². The van der Waals surface area contributed by atoms with E-state index in [-0.39, 0.29) is 54.1 Å². The average molecular weight is 572 g/mol. The normalized spacial score (nSPS) is 10.6. The van der Waals surface area contributed by atoms with Gasteiger partial charge >= 0.3 is 0 Å². The fourth-order valence-corrected chi connectivity index (χ4v) is 3.49. The quantitative estimate of drug-likeness (QED) is 0.509. The monoisotopic (exact) mass is 572 g/mol. The molecule has 0 bridgehead atoms. The minimum atomic E-state index is -3.96. The van der Waals surface area contributed by atoms with E-state index in [0.717, 1.165) is 4.31 Å². The first-order valence-corrected chi connectivity index (χ1v) is 8.19. The van der Waals surface area contributed by atoms with Crippen molar-refractivity contribution >= 4 is 22.0 Å². The van der Waals surface area contributed by atoms with Crippen molar-refractivity contribution in [3.63, 3.8) is 0 Å². The second-order valence-electron chi connectivity index (χ2n) is 4.63. The largest absolute Gasteiger partial charge is 0.540 e. The summed E-state index contributed by atoms with van der Waals surface area (Å²) in [6.07, 6.45) is 1.61. The fraction of sp³-hybridized carbons (Fsp3) is 0.188. The van der Waals surface area contributed by atoms with Gasteiger partial charge in [0.2, 0.25) is 0 Å². The fourth-order valence-electron chi connectivity index (χ4n) is 2.11. The molecule has 0 heterocycles. The van der Waals surface area contributed by atoms with Crippen LogP contribution in [0.2, 0.25) is 0 Å². The molecule has 126 valence electrons. The Morgan fingerprint density at radius 3 is 2.38 bits per heavy atom. The second kappa shape index (κ2) is 9.23. The average Bonchev–Trinajstić information content (AvgIpc) is 2.59. The molecule has 0 fully saturated rings. The van der Waals surface area contributed by atoms with Gasteiger partial charge in [-0.3, -0.25) is 4.31 Å². The van der Waals surface area contributed by atoms with Crippen LogP contribution in [0, 0.1) is 31.1 Å². The van der Waals surface area contributed by atoms with Crippen molar-refractivity contribution in [2.24, 2.45) is 0 Å². The summed E-state index contributed by atoms with van der Waals surface area (Å²) in [5.41, 5.74) is 0.672.